The van der Waals surface area contributed by atoms with Gasteiger partial charge in [0, 0.05) is 18.7 Å². The molecule has 27 heavy (non-hydrogen) atoms. The molecule has 0 N–H and O–H groups in total. The second-order valence-electron chi connectivity index (χ2n) is 6.38. The van der Waals surface area contributed by atoms with Crippen LogP contribution < -0.4 is 0 Å². The van der Waals surface area contributed by atoms with Gasteiger partial charge in [-0.15, -0.1) is 0 Å². The Bertz CT molecular complexity index is 925. The van der Waals surface area contributed by atoms with Crippen molar-refractivity contribution in [2.24, 2.45) is 0 Å². The number of amides is 1. The smallest absolute Gasteiger partial charge is 0.266 e. The summed E-state index contributed by atoms with van der Waals surface area (Å²) in [6.45, 7) is 1.89. The van der Waals surface area contributed by atoms with E-state index in [9.17, 15) is 13.2 Å². The number of benzene rings is 1. The molecule has 1 amide bonds. The van der Waals surface area contributed by atoms with Gasteiger partial charge in [-0.25, -0.2) is 8.42 Å². The molecule has 0 radical (unpaired) electrons. The number of halogens is 1. The van der Waals surface area contributed by atoms with E-state index in [-0.39, 0.29) is 33.5 Å². The average molecular weight is 413 g/mol. The molecule has 1 aliphatic rings. The van der Waals surface area contributed by atoms with Gasteiger partial charge in [-0.1, -0.05) is 16.1 Å². The van der Waals surface area contributed by atoms with E-state index >= 15 is 0 Å². The Kier molecular flexibility index (Phi) is 5.62. The van der Waals surface area contributed by atoms with Crippen molar-refractivity contribution in [1.29, 1.82) is 0 Å². The molecule has 1 aromatic heterocycles. The maximum Gasteiger partial charge on any atom is 0.266 e. The van der Waals surface area contributed by atoms with Gasteiger partial charge >= 0.3 is 0 Å². The quantitative estimate of drug-likeness (QED) is 0.650. The van der Waals surface area contributed by atoms with E-state index in [0.29, 0.717) is 10.2 Å². The molecule has 1 aromatic carbocycles. The zero-order valence-corrected chi connectivity index (χ0v) is 16.8. The summed E-state index contributed by atoms with van der Waals surface area (Å²) < 4.78 is 31.3. The normalized spacial score (nSPS) is 15.7. The van der Waals surface area contributed by atoms with Crippen molar-refractivity contribution < 1.29 is 22.5 Å². The van der Waals surface area contributed by atoms with E-state index in [1.807, 2.05) is 13.0 Å². The van der Waals surface area contributed by atoms with Crippen LogP contribution in [0.25, 0.3) is 0 Å². The fraction of sp³-hybridized carbons (Fsp3) is 0.389. The van der Waals surface area contributed by atoms with Crippen molar-refractivity contribution in [3.8, 4) is 0 Å². The predicted molar refractivity (Wildman–Crippen MR) is 99.7 cm³/mol. The third kappa shape index (κ3) is 3.89. The highest BCUT2D eigenvalue weighted by Gasteiger charge is 2.38. The number of hydroxylamine groups is 1. The summed E-state index contributed by atoms with van der Waals surface area (Å²) in [5, 5.41) is 0.0208. The number of carbonyl (C=O) groups excluding carboxylic acids is 1. The Balaban J connectivity index is 1.98. The highest BCUT2D eigenvalue weighted by molar-refractivity contribution is 7.89. The summed E-state index contributed by atoms with van der Waals surface area (Å²) in [7, 11) is -1.48. The third-order valence-electron chi connectivity index (χ3n) is 4.60. The highest BCUT2D eigenvalue weighted by Crippen LogP contribution is 2.36. The number of carbonyl (C=O) groups is 1. The van der Waals surface area contributed by atoms with Gasteiger partial charge in [-0.2, -0.15) is 0 Å². The van der Waals surface area contributed by atoms with Crippen molar-refractivity contribution in [2.45, 2.75) is 36.7 Å². The minimum Gasteiger partial charge on any atom is -0.467 e. The van der Waals surface area contributed by atoms with Crippen molar-refractivity contribution >= 4 is 27.5 Å². The fourth-order valence-corrected chi connectivity index (χ4v) is 4.37. The molecule has 9 heteroatoms. The van der Waals surface area contributed by atoms with Gasteiger partial charge in [0.1, 0.15) is 10.7 Å². The number of hydrogen-bond acceptors (Lipinski definition) is 5. The molecule has 7 nitrogen and oxygen atoms in total. The fourth-order valence-electron chi connectivity index (χ4n) is 2.90. The van der Waals surface area contributed by atoms with Crippen LogP contribution in [0.2, 0.25) is 5.02 Å². The zero-order chi connectivity index (χ0) is 19.8. The predicted octanol–water partition coefficient (Wildman–Crippen LogP) is 3.48. The maximum atomic E-state index is 13.2. The molecule has 1 fully saturated rings. The molecule has 1 aliphatic carbocycles. The topological polar surface area (TPSA) is 80.1 Å². The Labute approximate surface area is 163 Å². The Morgan fingerprint density at radius 1 is 1.33 bits per heavy atom. The minimum atomic E-state index is -3.98. The lowest BCUT2D eigenvalue weighted by Gasteiger charge is -2.28. The van der Waals surface area contributed by atoms with Crippen molar-refractivity contribution in [3.63, 3.8) is 0 Å². The van der Waals surface area contributed by atoms with E-state index < -0.39 is 10.0 Å². The van der Waals surface area contributed by atoms with Gasteiger partial charge < -0.3 is 9.32 Å². The van der Waals surface area contributed by atoms with Gasteiger partial charge in [0.15, 0.2) is 0 Å². The summed E-state index contributed by atoms with van der Waals surface area (Å²) >= 11 is 6.08. The third-order valence-corrected chi connectivity index (χ3v) is 6.76. The van der Waals surface area contributed by atoms with Crippen LogP contribution >= 0.6 is 11.6 Å². The van der Waals surface area contributed by atoms with Gasteiger partial charge in [0.05, 0.1) is 24.4 Å². The molecule has 0 aliphatic heterocycles. The van der Waals surface area contributed by atoms with Crippen LogP contribution in [0.15, 0.2) is 45.9 Å². The summed E-state index contributed by atoms with van der Waals surface area (Å²) in [5.41, 5.74) is 0.243. The molecule has 0 spiro atoms. The number of furan rings is 1. The number of hydrogen-bond donors (Lipinski definition) is 0. The Hall–Kier alpha value is -1.87. The van der Waals surface area contributed by atoms with Crippen molar-refractivity contribution in [3.05, 3.63) is 52.9 Å². The average Bonchev–Trinajstić information content (AvgIpc) is 3.32. The molecule has 3 rings (SSSR count). The van der Waals surface area contributed by atoms with Crippen LogP contribution in [0.5, 0.6) is 0 Å². The maximum absolute atomic E-state index is 13.2. The molecule has 2 aromatic rings. The van der Waals surface area contributed by atoms with Gasteiger partial charge in [-0.3, -0.25) is 9.63 Å². The molecular formula is C18H21ClN2O5S. The molecule has 0 bridgehead atoms. The largest absolute Gasteiger partial charge is 0.467 e. The second-order valence-corrected chi connectivity index (χ2v) is 8.69. The highest BCUT2D eigenvalue weighted by atomic mass is 35.5. The molecule has 1 saturated carbocycles. The first-order valence-corrected chi connectivity index (χ1v) is 10.3. The monoisotopic (exact) mass is 412 g/mol. The van der Waals surface area contributed by atoms with Crippen LogP contribution in [0.4, 0.5) is 0 Å². The lowest BCUT2D eigenvalue weighted by Crippen LogP contribution is -2.35. The second kappa shape index (κ2) is 7.63. The molecular weight excluding hydrogens is 392 g/mol. The molecule has 0 saturated heterocycles. The van der Waals surface area contributed by atoms with E-state index in [2.05, 4.69) is 0 Å². The Morgan fingerprint density at radius 2 is 2.04 bits per heavy atom. The summed E-state index contributed by atoms with van der Waals surface area (Å²) in [6, 6.07) is 7.66. The lowest BCUT2D eigenvalue weighted by atomic mass is 10.1. The SMILES string of the molecule is CON(C)S(=O)(=O)c1cc(C(=O)N(C2CC2)C(C)c2ccco2)ccc1Cl. The van der Waals surface area contributed by atoms with Crippen molar-refractivity contribution in [2.75, 3.05) is 14.2 Å². The van der Waals surface area contributed by atoms with Gasteiger partial charge in [0.2, 0.25) is 0 Å². The molecule has 1 heterocycles. The van der Waals surface area contributed by atoms with E-state index in [0.717, 1.165) is 12.8 Å². The van der Waals surface area contributed by atoms with E-state index in [1.54, 1.807) is 17.2 Å². The van der Waals surface area contributed by atoms with Crippen LogP contribution in [0.3, 0.4) is 0 Å². The number of nitrogens with zero attached hydrogens (tertiary/aromatic N) is 2. The van der Waals surface area contributed by atoms with Crippen LogP contribution in [-0.2, 0) is 14.9 Å². The van der Waals surface area contributed by atoms with Crippen LogP contribution in [-0.4, -0.2) is 43.9 Å². The Morgan fingerprint density at radius 3 is 2.59 bits per heavy atom. The van der Waals surface area contributed by atoms with E-state index in [1.165, 1.54) is 32.4 Å². The first kappa shape index (κ1) is 19.9. The first-order valence-electron chi connectivity index (χ1n) is 8.46. The summed E-state index contributed by atoms with van der Waals surface area (Å²) in [6.07, 6.45) is 3.37. The number of rotatable bonds is 7. The van der Waals surface area contributed by atoms with E-state index in [4.69, 9.17) is 20.9 Å². The summed E-state index contributed by atoms with van der Waals surface area (Å²) in [4.78, 5) is 19.5. The first-order chi connectivity index (χ1) is 12.8. The standard InChI is InChI=1S/C18H21ClN2O5S/c1-12(16-5-4-10-26-16)21(14-7-8-14)18(22)13-6-9-15(19)17(11-13)27(23,24)20(2)25-3/h4-6,9-12,14H,7-8H2,1-3H3. The number of sulfonamides is 1. The molecule has 1 unspecified atom stereocenters. The van der Waals surface area contributed by atoms with Gasteiger partial charge in [0.25, 0.3) is 15.9 Å². The zero-order valence-electron chi connectivity index (χ0n) is 15.3. The summed E-state index contributed by atoms with van der Waals surface area (Å²) in [5.74, 6) is 0.408. The minimum absolute atomic E-state index is 0.0208. The molecule has 146 valence electrons. The van der Waals surface area contributed by atoms with Crippen LogP contribution in [0, 0.1) is 0 Å². The van der Waals surface area contributed by atoms with Crippen LogP contribution in [0.1, 0.15) is 41.9 Å². The van der Waals surface area contributed by atoms with Gasteiger partial charge in [-0.05, 0) is 50.1 Å². The molecule has 1 atom stereocenters. The van der Waals surface area contributed by atoms with Crippen molar-refractivity contribution in [1.82, 2.24) is 9.37 Å². The lowest BCUT2D eigenvalue weighted by molar-refractivity contribution is -0.0258.